The zero-order chi connectivity index (χ0) is 12.3. The highest BCUT2D eigenvalue weighted by molar-refractivity contribution is 5.60. The Labute approximate surface area is 102 Å². The second kappa shape index (κ2) is 5.15. The van der Waals surface area contributed by atoms with Gasteiger partial charge < -0.3 is 5.73 Å². The molecule has 0 atom stereocenters. The molecule has 0 aliphatic carbocycles. The van der Waals surface area contributed by atoms with Crippen LogP contribution in [0.5, 0.6) is 0 Å². The number of rotatable bonds is 4. The summed E-state index contributed by atoms with van der Waals surface area (Å²) in [6, 6.07) is 12.9. The second-order valence-corrected chi connectivity index (χ2v) is 4.46. The Morgan fingerprint density at radius 2 is 1.94 bits per heavy atom. The molecular weight excluding hydrogens is 210 g/mol. The summed E-state index contributed by atoms with van der Waals surface area (Å²) < 4.78 is 2.07. The summed E-state index contributed by atoms with van der Waals surface area (Å²) in [6.07, 6.45) is 0.833. The van der Waals surface area contributed by atoms with E-state index in [4.69, 9.17) is 5.73 Å². The molecule has 3 nitrogen and oxygen atoms in total. The topological polar surface area (TPSA) is 43.8 Å². The van der Waals surface area contributed by atoms with Crippen LogP contribution in [0.25, 0.3) is 11.3 Å². The van der Waals surface area contributed by atoms with E-state index in [1.807, 2.05) is 6.07 Å². The number of aromatic nitrogens is 2. The molecule has 3 heteroatoms. The van der Waals surface area contributed by atoms with E-state index in [0.717, 1.165) is 12.1 Å². The van der Waals surface area contributed by atoms with E-state index in [-0.39, 0.29) is 0 Å². The first kappa shape index (κ1) is 11.9. The molecular formula is C14H19N3. The van der Waals surface area contributed by atoms with Crippen molar-refractivity contribution >= 4 is 0 Å². The van der Waals surface area contributed by atoms with E-state index in [1.54, 1.807) is 0 Å². The fraction of sp³-hybridized carbons (Fsp3) is 0.357. The van der Waals surface area contributed by atoms with Crippen molar-refractivity contribution in [2.75, 3.05) is 6.54 Å². The van der Waals surface area contributed by atoms with Crippen LogP contribution in [0.3, 0.4) is 0 Å². The van der Waals surface area contributed by atoms with Crippen molar-refractivity contribution < 1.29 is 0 Å². The van der Waals surface area contributed by atoms with Gasteiger partial charge in [-0.2, -0.15) is 5.10 Å². The Bertz CT molecular complexity index is 471. The van der Waals surface area contributed by atoms with E-state index >= 15 is 0 Å². The SMILES string of the molecule is CC(C)n1nc(CCN)cc1-c1ccccc1. The lowest BCUT2D eigenvalue weighted by Gasteiger charge is -2.10. The zero-order valence-corrected chi connectivity index (χ0v) is 10.4. The lowest BCUT2D eigenvalue weighted by molar-refractivity contribution is 0.532. The number of nitrogens with two attached hydrogens (primary N) is 1. The maximum atomic E-state index is 5.59. The van der Waals surface area contributed by atoms with Crippen LogP contribution < -0.4 is 5.73 Å². The van der Waals surface area contributed by atoms with Gasteiger partial charge in [-0.1, -0.05) is 30.3 Å². The Morgan fingerprint density at radius 1 is 1.24 bits per heavy atom. The monoisotopic (exact) mass is 229 g/mol. The molecule has 17 heavy (non-hydrogen) atoms. The number of hydrogen-bond donors (Lipinski definition) is 1. The number of nitrogens with zero attached hydrogens (tertiary/aromatic N) is 2. The molecule has 0 aliphatic heterocycles. The second-order valence-electron chi connectivity index (χ2n) is 4.46. The Morgan fingerprint density at radius 3 is 2.53 bits per heavy atom. The molecule has 0 amide bonds. The van der Waals surface area contributed by atoms with Crippen molar-refractivity contribution in [3.8, 4) is 11.3 Å². The minimum absolute atomic E-state index is 0.358. The number of hydrogen-bond acceptors (Lipinski definition) is 2. The Hall–Kier alpha value is -1.61. The third kappa shape index (κ3) is 2.56. The summed E-state index contributed by atoms with van der Waals surface area (Å²) in [6.45, 7) is 4.93. The molecule has 0 fully saturated rings. The summed E-state index contributed by atoms with van der Waals surface area (Å²) >= 11 is 0. The summed E-state index contributed by atoms with van der Waals surface area (Å²) in [7, 11) is 0. The lowest BCUT2D eigenvalue weighted by Crippen LogP contribution is -2.07. The van der Waals surface area contributed by atoms with Crippen molar-refractivity contribution in [2.24, 2.45) is 5.73 Å². The predicted octanol–water partition coefficient (Wildman–Crippen LogP) is 2.63. The van der Waals surface area contributed by atoms with Crippen molar-refractivity contribution in [2.45, 2.75) is 26.3 Å². The average Bonchev–Trinajstić information content (AvgIpc) is 2.75. The fourth-order valence-electron chi connectivity index (χ4n) is 1.93. The summed E-state index contributed by atoms with van der Waals surface area (Å²) in [4.78, 5) is 0. The van der Waals surface area contributed by atoms with Crippen LogP contribution in [0.2, 0.25) is 0 Å². The first-order valence-corrected chi connectivity index (χ1v) is 6.06. The minimum Gasteiger partial charge on any atom is -0.330 e. The van der Waals surface area contributed by atoms with Gasteiger partial charge in [-0.05, 0) is 32.0 Å². The third-order valence-electron chi connectivity index (χ3n) is 2.75. The van der Waals surface area contributed by atoms with Gasteiger partial charge in [0.15, 0.2) is 0 Å². The van der Waals surface area contributed by atoms with Crippen molar-refractivity contribution in [3.63, 3.8) is 0 Å². The number of benzene rings is 1. The van der Waals surface area contributed by atoms with Crippen LogP contribution in [0, 0.1) is 0 Å². The van der Waals surface area contributed by atoms with Crippen molar-refractivity contribution in [1.82, 2.24) is 9.78 Å². The molecule has 1 heterocycles. The van der Waals surface area contributed by atoms with Crippen LogP contribution in [-0.2, 0) is 6.42 Å². The van der Waals surface area contributed by atoms with Gasteiger partial charge in [-0.15, -0.1) is 0 Å². The average molecular weight is 229 g/mol. The molecule has 0 bridgehead atoms. The minimum atomic E-state index is 0.358. The molecule has 2 aromatic rings. The van der Waals surface area contributed by atoms with Crippen molar-refractivity contribution in [3.05, 3.63) is 42.1 Å². The molecule has 0 spiro atoms. The first-order chi connectivity index (χ1) is 8.22. The summed E-state index contributed by atoms with van der Waals surface area (Å²) in [5.74, 6) is 0. The quantitative estimate of drug-likeness (QED) is 0.875. The lowest BCUT2D eigenvalue weighted by atomic mass is 10.1. The van der Waals surface area contributed by atoms with Gasteiger partial charge in [0.2, 0.25) is 0 Å². The van der Waals surface area contributed by atoms with Crippen LogP contribution in [0.1, 0.15) is 25.6 Å². The van der Waals surface area contributed by atoms with Crippen LogP contribution in [0.15, 0.2) is 36.4 Å². The van der Waals surface area contributed by atoms with Gasteiger partial charge >= 0.3 is 0 Å². The summed E-state index contributed by atoms with van der Waals surface area (Å²) in [5, 5.41) is 4.61. The molecule has 0 saturated heterocycles. The largest absolute Gasteiger partial charge is 0.330 e. The normalized spacial score (nSPS) is 11.1. The highest BCUT2D eigenvalue weighted by Gasteiger charge is 2.11. The predicted molar refractivity (Wildman–Crippen MR) is 70.8 cm³/mol. The van der Waals surface area contributed by atoms with Crippen LogP contribution in [-0.4, -0.2) is 16.3 Å². The van der Waals surface area contributed by atoms with Gasteiger partial charge in [-0.25, -0.2) is 0 Å². The van der Waals surface area contributed by atoms with Gasteiger partial charge in [-0.3, -0.25) is 4.68 Å². The summed E-state index contributed by atoms with van der Waals surface area (Å²) in [5.41, 5.74) is 9.03. The highest BCUT2D eigenvalue weighted by Crippen LogP contribution is 2.23. The molecule has 90 valence electrons. The molecule has 0 unspecified atom stereocenters. The van der Waals surface area contributed by atoms with E-state index < -0.39 is 0 Å². The standard InChI is InChI=1S/C14H19N3/c1-11(2)17-14(10-13(16-17)8-9-15)12-6-4-3-5-7-12/h3-7,10-11H,8-9,15H2,1-2H3. The van der Waals surface area contributed by atoms with E-state index in [1.165, 1.54) is 11.3 Å². The Balaban J connectivity index is 2.44. The molecule has 0 aliphatic rings. The zero-order valence-electron chi connectivity index (χ0n) is 10.4. The fourth-order valence-corrected chi connectivity index (χ4v) is 1.93. The van der Waals surface area contributed by atoms with E-state index in [2.05, 4.69) is 54.0 Å². The van der Waals surface area contributed by atoms with Gasteiger partial charge in [0.1, 0.15) is 0 Å². The van der Waals surface area contributed by atoms with E-state index in [9.17, 15) is 0 Å². The van der Waals surface area contributed by atoms with Crippen LogP contribution in [0.4, 0.5) is 0 Å². The molecule has 0 radical (unpaired) electrons. The molecule has 2 rings (SSSR count). The van der Waals surface area contributed by atoms with Gasteiger partial charge in [0.25, 0.3) is 0 Å². The molecule has 1 aromatic heterocycles. The van der Waals surface area contributed by atoms with E-state index in [0.29, 0.717) is 12.6 Å². The van der Waals surface area contributed by atoms with Gasteiger partial charge in [0, 0.05) is 12.5 Å². The third-order valence-corrected chi connectivity index (χ3v) is 2.75. The Kier molecular flexibility index (Phi) is 3.59. The highest BCUT2D eigenvalue weighted by atomic mass is 15.3. The first-order valence-electron chi connectivity index (χ1n) is 6.06. The van der Waals surface area contributed by atoms with Crippen molar-refractivity contribution in [1.29, 1.82) is 0 Å². The van der Waals surface area contributed by atoms with Crippen LogP contribution >= 0.6 is 0 Å². The molecule has 0 saturated carbocycles. The maximum Gasteiger partial charge on any atom is 0.0688 e. The maximum absolute atomic E-state index is 5.59. The smallest absolute Gasteiger partial charge is 0.0688 e. The van der Waals surface area contributed by atoms with Gasteiger partial charge in [0.05, 0.1) is 11.4 Å². The molecule has 1 aromatic carbocycles. The molecule has 2 N–H and O–H groups in total.